The van der Waals surface area contributed by atoms with Gasteiger partial charge in [-0.2, -0.15) is 0 Å². The Balaban J connectivity index is 3.98. The lowest BCUT2D eigenvalue weighted by molar-refractivity contribution is -0.870. The average molecular weight is 1070 g/mol. The van der Waals surface area contributed by atoms with E-state index < -0.39 is 20.0 Å². The van der Waals surface area contributed by atoms with Crippen molar-refractivity contribution in [2.75, 3.05) is 40.9 Å². The van der Waals surface area contributed by atoms with Crippen LogP contribution in [0, 0.1) is 0 Å². The number of unbranched alkanes of at least 4 members (excludes halogenated alkanes) is 50. The van der Waals surface area contributed by atoms with Crippen molar-refractivity contribution < 1.29 is 32.9 Å². The van der Waals surface area contributed by atoms with Crippen LogP contribution < -0.4 is 5.32 Å². The Bertz CT molecular complexity index is 1170. The van der Waals surface area contributed by atoms with Crippen molar-refractivity contribution in [2.24, 2.45) is 0 Å². The van der Waals surface area contributed by atoms with E-state index in [0.717, 1.165) is 38.5 Å². The van der Waals surface area contributed by atoms with Gasteiger partial charge in [0.25, 0.3) is 0 Å². The molecule has 74 heavy (non-hydrogen) atoms. The molecule has 0 saturated heterocycles. The van der Waals surface area contributed by atoms with Crippen LogP contribution in [0.25, 0.3) is 0 Å². The maximum Gasteiger partial charge on any atom is 0.472 e. The summed E-state index contributed by atoms with van der Waals surface area (Å²) in [5.41, 5.74) is 0. The molecule has 0 rings (SSSR count). The van der Waals surface area contributed by atoms with Gasteiger partial charge in [-0.05, 0) is 12.8 Å². The number of amides is 1. The highest BCUT2D eigenvalue weighted by Crippen LogP contribution is 2.43. The fourth-order valence-corrected chi connectivity index (χ4v) is 11.4. The number of nitrogens with one attached hydrogen (secondary N) is 1. The molecule has 0 fully saturated rings. The third kappa shape index (κ3) is 59.2. The average Bonchev–Trinajstić information content (AvgIpc) is 3.36. The molecule has 444 valence electrons. The highest BCUT2D eigenvalue weighted by atomic mass is 31.2. The summed E-state index contributed by atoms with van der Waals surface area (Å²) in [7, 11) is 1.64. The molecule has 8 nitrogen and oxygen atoms in total. The minimum Gasteiger partial charge on any atom is -0.391 e. The van der Waals surface area contributed by atoms with Crippen LogP contribution in [0.3, 0.4) is 0 Å². The van der Waals surface area contributed by atoms with Gasteiger partial charge in [0.1, 0.15) is 13.2 Å². The molecule has 0 aliphatic heterocycles. The molecule has 9 heteroatoms. The summed E-state index contributed by atoms with van der Waals surface area (Å²) in [6.45, 7) is 4.96. The number of carbonyl (C=O) groups is 1. The normalized spacial score (nSPS) is 13.7. The molecular weight excluding hydrogens is 936 g/mol. The van der Waals surface area contributed by atoms with Gasteiger partial charge in [0, 0.05) is 6.42 Å². The number of phosphoric ester groups is 1. The second-order valence-corrected chi connectivity index (χ2v) is 26.0. The number of carbonyl (C=O) groups excluding carboxylic acids is 1. The zero-order chi connectivity index (χ0) is 54.2. The number of phosphoric acid groups is 1. The number of likely N-dealkylation sites (N-methyl/N-ethyl adjacent to an activating group) is 1. The van der Waals surface area contributed by atoms with E-state index in [9.17, 15) is 19.4 Å². The third-order valence-corrected chi connectivity index (χ3v) is 16.8. The van der Waals surface area contributed by atoms with E-state index in [2.05, 4.69) is 19.2 Å². The Morgan fingerprint density at radius 2 is 0.649 bits per heavy atom. The smallest absolute Gasteiger partial charge is 0.391 e. The molecule has 0 aliphatic carbocycles. The SMILES string of the molecule is CCCCCCCCCCCCCCCCCCCCCCCCCCCCCCCCCC(=O)NC(COP(=O)(O)OCC[N+](C)(C)C)C(O)CCCCCCCCCCCCCCCCCCCCCCC. The number of hydrogen-bond donors (Lipinski definition) is 3. The Morgan fingerprint density at radius 1 is 0.405 bits per heavy atom. The third-order valence-electron chi connectivity index (χ3n) is 15.9. The summed E-state index contributed by atoms with van der Waals surface area (Å²) >= 11 is 0. The molecule has 3 unspecified atom stereocenters. The van der Waals surface area contributed by atoms with Gasteiger partial charge in [-0.1, -0.05) is 341 Å². The van der Waals surface area contributed by atoms with E-state index in [1.165, 1.54) is 295 Å². The summed E-state index contributed by atoms with van der Waals surface area (Å²) in [5.74, 6) is -0.134. The molecule has 0 spiro atoms. The highest BCUT2D eigenvalue weighted by Gasteiger charge is 2.28. The van der Waals surface area contributed by atoms with Crippen molar-refractivity contribution in [3.05, 3.63) is 0 Å². The van der Waals surface area contributed by atoms with Gasteiger partial charge in [0.05, 0.1) is 39.9 Å². The first-order valence-corrected chi connectivity index (χ1v) is 34.9. The van der Waals surface area contributed by atoms with Crippen LogP contribution >= 0.6 is 7.82 Å². The van der Waals surface area contributed by atoms with Crippen molar-refractivity contribution in [1.82, 2.24) is 5.32 Å². The lowest BCUT2D eigenvalue weighted by Gasteiger charge is -2.26. The van der Waals surface area contributed by atoms with Crippen molar-refractivity contribution in [3.8, 4) is 0 Å². The molecule has 0 heterocycles. The Kier molecular flexibility index (Phi) is 56.8. The zero-order valence-corrected chi connectivity index (χ0v) is 51.8. The first-order chi connectivity index (χ1) is 36.0. The van der Waals surface area contributed by atoms with Crippen molar-refractivity contribution in [2.45, 2.75) is 373 Å². The van der Waals surface area contributed by atoms with Crippen LogP contribution in [0.15, 0.2) is 0 Å². The highest BCUT2D eigenvalue weighted by molar-refractivity contribution is 7.47. The molecule has 0 aromatic carbocycles. The monoisotopic (exact) mass is 1070 g/mol. The molecule has 1 amide bonds. The molecule has 0 bridgehead atoms. The summed E-state index contributed by atoms with van der Waals surface area (Å²) in [5, 5.41) is 14.1. The fraction of sp³-hybridized carbons (Fsp3) is 0.985. The van der Waals surface area contributed by atoms with E-state index in [1.54, 1.807) is 0 Å². The van der Waals surface area contributed by atoms with Crippen LogP contribution in [0.1, 0.15) is 361 Å². The number of nitrogens with zero attached hydrogens (tertiary/aromatic N) is 1. The second kappa shape index (κ2) is 57.2. The van der Waals surface area contributed by atoms with E-state index in [0.29, 0.717) is 23.9 Å². The molecule has 0 aliphatic rings. The molecular formula is C65H134N2O6P+. The van der Waals surface area contributed by atoms with E-state index in [-0.39, 0.29) is 19.1 Å². The van der Waals surface area contributed by atoms with Crippen molar-refractivity contribution in [1.29, 1.82) is 0 Å². The molecule has 0 saturated carbocycles. The van der Waals surface area contributed by atoms with Crippen LogP contribution in [0.5, 0.6) is 0 Å². The maximum absolute atomic E-state index is 13.0. The van der Waals surface area contributed by atoms with Crippen molar-refractivity contribution in [3.63, 3.8) is 0 Å². The van der Waals surface area contributed by atoms with Gasteiger partial charge in [-0.3, -0.25) is 13.8 Å². The quantitative estimate of drug-likeness (QED) is 0.0318. The first kappa shape index (κ1) is 73.5. The first-order valence-electron chi connectivity index (χ1n) is 33.4. The molecule has 0 aromatic heterocycles. The van der Waals surface area contributed by atoms with Gasteiger partial charge in [-0.15, -0.1) is 0 Å². The number of aliphatic hydroxyl groups is 1. The summed E-state index contributed by atoms with van der Waals surface area (Å²) < 4.78 is 23.9. The standard InChI is InChI=1S/C65H133N2O6P/c1-6-8-10-12-14-16-18-20-22-24-26-28-29-30-31-32-33-34-35-36-37-39-41-43-45-47-49-51-53-55-57-59-65(69)66-63(62-73-74(70,71)72-61-60-67(3,4)5)64(68)58-56-54-52-50-48-46-44-42-40-38-27-25-23-21-19-17-15-13-11-9-7-2/h63-64,68H,6-62H2,1-5H3,(H-,66,69,70,71)/p+1. The fourth-order valence-electron chi connectivity index (χ4n) is 10.6. The molecule has 3 N–H and O–H groups in total. The minimum atomic E-state index is -4.32. The van der Waals surface area contributed by atoms with Crippen LogP contribution in [0.4, 0.5) is 0 Å². The number of quaternary nitrogens is 1. The van der Waals surface area contributed by atoms with E-state index >= 15 is 0 Å². The zero-order valence-electron chi connectivity index (χ0n) is 50.9. The van der Waals surface area contributed by atoms with Gasteiger partial charge >= 0.3 is 7.82 Å². The van der Waals surface area contributed by atoms with Crippen LogP contribution in [-0.2, 0) is 18.4 Å². The molecule has 0 radical (unpaired) electrons. The molecule has 0 aromatic rings. The number of hydrogen-bond acceptors (Lipinski definition) is 5. The lowest BCUT2D eigenvalue weighted by atomic mass is 10.0. The van der Waals surface area contributed by atoms with E-state index in [4.69, 9.17) is 9.05 Å². The van der Waals surface area contributed by atoms with Gasteiger partial charge in [0.2, 0.25) is 5.91 Å². The predicted molar refractivity (Wildman–Crippen MR) is 323 cm³/mol. The van der Waals surface area contributed by atoms with Gasteiger partial charge in [-0.25, -0.2) is 4.57 Å². The Hall–Kier alpha value is -0.500. The Labute approximate surface area is 463 Å². The Morgan fingerprint density at radius 3 is 0.905 bits per heavy atom. The predicted octanol–water partition coefficient (Wildman–Crippen LogP) is 20.8. The van der Waals surface area contributed by atoms with E-state index in [1.807, 2.05) is 21.1 Å². The van der Waals surface area contributed by atoms with Crippen LogP contribution in [0.2, 0.25) is 0 Å². The molecule has 3 atom stereocenters. The van der Waals surface area contributed by atoms with Crippen molar-refractivity contribution >= 4 is 13.7 Å². The lowest BCUT2D eigenvalue weighted by Crippen LogP contribution is -2.46. The van der Waals surface area contributed by atoms with Gasteiger partial charge < -0.3 is 19.8 Å². The van der Waals surface area contributed by atoms with Gasteiger partial charge in [0.15, 0.2) is 0 Å². The number of rotatable bonds is 63. The summed E-state index contributed by atoms with van der Waals surface area (Å²) in [6, 6.07) is -0.756. The minimum absolute atomic E-state index is 0.0794. The largest absolute Gasteiger partial charge is 0.472 e. The van der Waals surface area contributed by atoms with Crippen LogP contribution in [-0.4, -0.2) is 73.4 Å². The topological polar surface area (TPSA) is 105 Å². The maximum atomic E-state index is 13.0. The summed E-state index contributed by atoms with van der Waals surface area (Å²) in [6.07, 6.45) is 70.5. The summed E-state index contributed by atoms with van der Waals surface area (Å²) in [4.78, 5) is 23.4. The number of aliphatic hydroxyl groups excluding tert-OH is 1. The second-order valence-electron chi connectivity index (χ2n) is 24.6.